The van der Waals surface area contributed by atoms with Crippen molar-refractivity contribution in [3.05, 3.63) is 238 Å². The minimum Gasteiger partial charge on any atom is -0.657 e. The summed E-state index contributed by atoms with van der Waals surface area (Å²) in [7, 11) is 0. The topological polar surface area (TPSA) is 54.0 Å². The maximum absolute atomic E-state index is 5.37. The van der Waals surface area contributed by atoms with Crippen LogP contribution in [-0.4, -0.2) is 9.97 Å². The summed E-state index contributed by atoms with van der Waals surface area (Å²) in [5.74, 6) is 6.22. The fourth-order valence-electron chi connectivity index (χ4n) is 8.34. The molecule has 5 heteroatoms. The Labute approximate surface area is 407 Å². The third-order valence-corrected chi connectivity index (χ3v) is 11.9. The SMILES string of the molecule is C(#Cc1ccccc1)c1ccccc1.Cc1ccc(-c2c3nc(c(-c4ccc(C)cc4)c4ccc([n-]4)c(-c4ccc(C)cc4)c4nc(c(-c5ccc(C)cc5)c5ccc2[n-]5)C=C4)C=C3)cc1.[Mo+2]. The smallest absolute Gasteiger partial charge is 0.657 e. The van der Waals surface area contributed by atoms with Crippen LogP contribution in [0.15, 0.2) is 182 Å². The van der Waals surface area contributed by atoms with Crippen molar-refractivity contribution < 1.29 is 21.1 Å². The number of fused-ring (bicyclic) bond motifs is 8. The third-order valence-electron chi connectivity index (χ3n) is 11.9. The zero-order valence-electron chi connectivity index (χ0n) is 37.8. The van der Waals surface area contributed by atoms with Gasteiger partial charge >= 0.3 is 21.1 Å². The van der Waals surface area contributed by atoms with E-state index in [1.165, 1.54) is 22.3 Å². The Balaban J connectivity index is 0.000000321. The molecule has 11 rings (SSSR count). The predicted molar refractivity (Wildman–Crippen MR) is 276 cm³/mol. The van der Waals surface area contributed by atoms with Crippen LogP contribution in [0.4, 0.5) is 0 Å². The van der Waals surface area contributed by atoms with Crippen molar-refractivity contribution in [1.82, 2.24) is 19.9 Å². The number of hydrogen-bond donors (Lipinski definition) is 0. The van der Waals surface area contributed by atoms with Gasteiger partial charge in [0.15, 0.2) is 0 Å². The van der Waals surface area contributed by atoms with Gasteiger partial charge in [-0.05, 0) is 121 Å². The molecule has 0 amide bonds. The van der Waals surface area contributed by atoms with Crippen molar-refractivity contribution in [3.63, 3.8) is 0 Å². The number of aromatic nitrogens is 4. The van der Waals surface area contributed by atoms with Crippen LogP contribution < -0.4 is 9.97 Å². The quantitative estimate of drug-likeness (QED) is 0.130. The van der Waals surface area contributed by atoms with E-state index < -0.39 is 0 Å². The van der Waals surface area contributed by atoms with Crippen LogP contribution in [-0.2, 0) is 21.1 Å². The fraction of sp³-hybridized carbons (Fsp3) is 0.0645. The van der Waals surface area contributed by atoms with E-state index in [1.807, 2.05) is 60.7 Å². The number of benzene rings is 6. The first-order valence-electron chi connectivity index (χ1n) is 22.3. The summed E-state index contributed by atoms with van der Waals surface area (Å²) in [6, 6.07) is 63.0. The number of aryl methyl sites for hydroxylation is 4. The molecule has 2 aliphatic heterocycles. The first kappa shape index (κ1) is 44.4. The maximum Gasteiger partial charge on any atom is 2.00 e. The second-order valence-electron chi connectivity index (χ2n) is 16.8. The standard InChI is InChI=1S/C48H36N4.C14H10.Mo/c1-29-5-13-33(14-6-29)45-37-21-23-39(49-37)46(34-15-7-30(2)8-16-34)41-25-27-43(51-41)48(36-19-11-32(4)12-20-36)44-28-26-42(52-44)47(40-24-22-38(45)50-40)35-17-9-31(3)10-18-35;1-3-7-13(8-4-1)11-12-14-9-5-2-6-10-14;/h5-28H,1-4H3;1-10H;/q-2;;+2. The Bertz CT molecular complexity index is 3100. The van der Waals surface area contributed by atoms with Gasteiger partial charge in [0.2, 0.25) is 0 Å². The van der Waals surface area contributed by atoms with Gasteiger partial charge in [-0.3, -0.25) is 0 Å². The minimum atomic E-state index is 0. The number of hydrogen-bond acceptors (Lipinski definition) is 2. The van der Waals surface area contributed by atoms with Crippen LogP contribution >= 0.6 is 0 Å². The van der Waals surface area contributed by atoms with E-state index >= 15 is 0 Å². The third kappa shape index (κ3) is 9.75. The first-order chi connectivity index (χ1) is 32.3. The molecule has 0 unspecified atom stereocenters. The summed E-state index contributed by atoms with van der Waals surface area (Å²) in [6.45, 7) is 8.45. The Hall–Kier alpha value is -7.83. The predicted octanol–water partition coefficient (Wildman–Crippen LogP) is 14.9. The molecular formula is C62H46MoN4. The van der Waals surface area contributed by atoms with Crippen LogP contribution in [0.2, 0.25) is 0 Å². The van der Waals surface area contributed by atoms with Crippen molar-refractivity contribution in [3.8, 4) is 56.3 Å². The van der Waals surface area contributed by atoms with Crippen LogP contribution in [0, 0.1) is 39.5 Å². The second-order valence-corrected chi connectivity index (χ2v) is 16.8. The molecule has 5 heterocycles. The van der Waals surface area contributed by atoms with Gasteiger partial charge in [-0.1, -0.05) is 192 Å². The molecule has 0 aliphatic carbocycles. The molecular weight excluding hydrogens is 897 g/mol. The summed E-state index contributed by atoms with van der Waals surface area (Å²) in [5.41, 5.74) is 22.0. The van der Waals surface area contributed by atoms with E-state index in [4.69, 9.17) is 19.9 Å². The molecule has 0 N–H and O–H groups in total. The van der Waals surface area contributed by atoms with Gasteiger partial charge in [-0.2, -0.15) is 0 Å². The van der Waals surface area contributed by atoms with E-state index in [2.05, 4.69) is 185 Å². The van der Waals surface area contributed by atoms with E-state index in [0.717, 1.165) is 100 Å². The van der Waals surface area contributed by atoms with Crippen molar-refractivity contribution in [1.29, 1.82) is 0 Å². The Morgan fingerprint density at radius 1 is 0.299 bits per heavy atom. The van der Waals surface area contributed by atoms with Gasteiger partial charge in [0.25, 0.3) is 0 Å². The molecule has 4 nitrogen and oxygen atoms in total. The monoisotopic (exact) mass is 944 g/mol. The number of rotatable bonds is 4. The average molecular weight is 943 g/mol. The van der Waals surface area contributed by atoms with Crippen molar-refractivity contribution >= 4 is 46.4 Å². The van der Waals surface area contributed by atoms with Crippen molar-refractivity contribution in [2.45, 2.75) is 27.7 Å². The van der Waals surface area contributed by atoms with E-state index in [9.17, 15) is 0 Å². The molecule has 0 saturated carbocycles. The molecule has 0 fully saturated rings. The molecule has 67 heavy (non-hydrogen) atoms. The largest absolute Gasteiger partial charge is 2.00 e. The van der Waals surface area contributed by atoms with E-state index in [1.54, 1.807) is 0 Å². The fourth-order valence-corrected chi connectivity index (χ4v) is 8.34. The van der Waals surface area contributed by atoms with Gasteiger partial charge in [0.05, 0.1) is 22.8 Å². The Kier molecular flexibility index (Phi) is 13.1. The van der Waals surface area contributed by atoms with E-state index in [-0.39, 0.29) is 21.1 Å². The molecule has 3 aromatic heterocycles. The number of nitrogens with zero attached hydrogens (tertiary/aromatic N) is 4. The molecule has 8 bridgehead atoms. The molecule has 0 saturated heterocycles. The van der Waals surface area contributed by atoms with Gasteiger partial charge in [0, 0.05) is 11.1 Å². The molecule has 0 radical (unpaired) electrons. The van der Waals surface area contributed by atoms with Crippen LogP contribution in [0.3, 0.4) is 0 Å². The van der Waals surface area contributed by atoms with Crippen molar-refractivity contribution in [2.24, 2.45) is 0 Å². The van der Waals surface area contributed by atoms with Crippen LogP contribution in [0.25, 0.3) is 90.9 Å². The van der Waals surface area contributed by atoms with Crippen molar-refractivity contribution in [2.75, 3.05) is 0 Å². The summed E-state index contributed by atoms with van der Waals surface area (Å²) < 4.78 is 0. The molecule has 6 aromatic carbocycles. The molecule has 0 spiro atoms. The zero-order valence-corrected chi connectivity index (χ0v) is 39.8. The summed E-state index contributed by atoms with van der Waals surface area (Å²) in [5, 5.41) is 0. The van der Waals surface area contributed by atoms with E-state index in [0.29, 0.717) is 0 Å². The van der Waals surface area contributed by atoms with Crippen LogP contribution in [0.1, 0.15) is 56.2 Å². The van der Waals surface area contributed by atoms with Crippen LogP contribution in [0.5, 0.6) is 0 Å². The summed E-state index contributed by atoms with van der Waals surface area (Å²) in [6.07, 6.45) is 8.48. The van der Waals surface area contributed by atoms with Gasteiger partial charge in [0.1, 0.15) is 0 Å². The minimum absolute atomic E-state index is 0. The van der Waals surface area contributed by atoms with Gasteiger partial charge < -0.3 is 9.97 Å². The molecule has 0 atom stereocenters. The second kappa shape index (κ2) is 19.7. The summed E-state index contributed by atoms with van der Waals surface area (Å²) >= 11 is 0. The first-order valence-corrected chi connectivity index (χ1v) is 22.3. The molecule has 9 aromatic rings. The molecule has 2 aliphatic rings. The normalized spacial score (nSPS) is 11.2. The maximum atomic E-state index is 5.37. The molecule has 320 valence electrons. The Morgan fingerprint density at radius 2 is 0.537 bits per heavy atom. The van der Waals surface area contributed by atoms with Gasteiger partial charge in [-0.15, -0.1) is 22.1 Å². The summed E-state index contributed by atoms with van der Waals surface area (Å²) in [4.78, 5) is 21.5. The van der Waals surface area contributed by atoms with Gasteiger partial charge in [-0.25, -0.2) is 9.97 Å². The average Bonchev–Trinajstić information content (AvgIpc) is 4.20. The Morgan fingerprint density at radius 3 is 0.776 bits per heavy atom. The zero-order chi connectivity index (χ0) is 45.0.